The van der Waals surface area contributed by atoms with Crippen molar-refractivity contribution in [2.24, 2.45) is 5.73 Å². The Morgan fingerprint density at radius 1 is 1.64 bits per heavy atom. The number of aryl methyl sites for hydroxylation is 1. The lowest BCUT2D eigenvalue weighted by Gasteiger charge is -2.11. The summed E-state index contributed by atoms with van der Waals surface area (Å²) in [5.41, 5.74) is 6.71. The molecule has 0 aliphatic rings. The van der Waals surface area contributed by atoms with Crippen LogP contribution >= 0.6 is 0 Å². The van der Waals surface area contributed by atoms with E-state index in [-0.39, 0.29) is 12.0 Å². The minimum Gasteiger partial charge on any atom is -0.481 e. The number of hydrogen-bond acceptors (Lipinski definition) is 3. The molecule has 0 saturated heterocycles. The Balaban J connectivity index is 2.95. The highest BCUT2D eigenvalue weighted by Gasteiger charge is 2.12. The van der Waals surface area contributed by atoms with Gasteiger partial charge in [0.1, 0.15) is 0 Å². The highest BCUT2D eigenvalue weighted by molar-refractivity contribution is 5.67. The van der Waals surface area contributed by atoms with Gasteiger partial charge in [0, 0.05) is 17.8 Å². The Hall–Kier alpha value is -1.62. The second kappa shape index (κ2) is 4.06. The second-order valence-electron chi connectivity index (χ2n) is 3.11. The number of carbonyl (C=O) groups is 1. The first-order valence-electron chi connectivity index (χ1n) is 4.18. The van der Waals surface area contributed by atoms with Crippen molar-refractivity contribution in [3.63, 3.8) is 0 Å². The third kappa shape index (κ3) is 2.43. The van der Waals surface area contributed by atoms with Crippen LogP contribution in [0.25, 0.3) is 0 Å². The molecule has 0 radical (unpaired) electrons. The molecule has 0 bridgehead atoms. The van der Waals surface area contributed by atoms with Gasteiger partial charge in [-0.25, -0.2) is 0 Å². The summed E-state index contributed by atoms with van der Waals surface area (Å²) in [4.78, 5) is 23.8. The fourth-order valence-electron chi connectivity index (χ4n) is 1.29. The summed E-state index contributed by atoms with van der Waals surface area (Å²) in [6.07, 6.45) is -0.146. The summed E-state index contributed by atoms with van der Waals surface area (Å²) in [6, 6.07) is 2.32. The monoisotopic (exact) mass is 196 g/mol. The fraction of sp³-hybridized carbons (Fsp3) is 0.333. The normalized spacial score (nSPS) is 12.4. The number of aromatic nitrogens is 1. The number of aliphatic carboxylic acids is 1. The van der Waals surface area contributed by atoms with Crippen molar-refractivity contribution in [3.8, 4) is 0 Å². The molecule has 1 heterocycles. The summed E-state index contributed by atoms with van der Waals surface area (Å²) < 4.78 is 0. The van der Waals surface area contributed by atoms with Gasteiger partial charge < -0.3 is 15.8 Å². The maximum absolute atomic E-state index is 10.9. The number of carboxylic acid groups (broad SMARTS) is 1. The van der Waals surface area contributed by atoms with Crippen LogP contribution in [-0.2, 0) is 4.79 Å². The zero-order valence-electron chi connectivity index (χ0n) is 7.78. The highest BCUT2D eigenvalue weighted by atomic mass is 16.4. The van der Waals surface area contributed by atoms with E-state index < -0.39 is 12.0 Å². The third-order valence-electron chi connectivity index (χ3n) is 1.95. The first-order chi connectivity index (χ1) is 6.50. The van der Waals surface area contributed by atoms with Crippen LogP contribution in [0.5, 0.6) is 0 Å². The van der Waals surface area contributed by atoms with Gasteiger partial charge in [-0.15, -0.1) is 0 Å². The lowest BCUT2D eigenvalue weighted by molar-refractivity contribution is -0.137. The maximum Gasteiger partial charge on any atom is 0.305 e. The lowest BCUT2D eigenvalue weighted by atomic mass is 10.0. The molecule has 0 spiro atoms. The maximum atomic E-state index is 10.9. The average Bonchev–Trinajstić information content (AvgIpc) is 2.01. The standard InChI is InChI=1S/C9H12N2O3/c1-5-6(2-3-8(12)11-5)7(10)4-9(13)14/h2-3,7H,4,10H2,1H3,(H,11,12)(H,13,14). The molecule has 1 atom stereocenters. The topological polar surface area (TPSA) is 96.2 Å². The van der Waals surface area contributed by atoms with Gasteiger partial charge in [0.25, 0.3) is 0 Å². The van der Waals surface area contributed by atoms with Crippen molar-refractivity contribution < 1.29 is 9.90 Å². The Labute approximate surface area is 80.6 Å². The predicted octanol–water partition coefficient (Wildman–Crippen LogP) is 0.158. The number of hydrogen-bond donors (Lipinski definition) is 3. The summed E-state index contributed by atoms with van der Waals surface area (Å²) >= 11 is 0. The molecule has 0 fully saturated rings. The summed E-state index contributed by atoms with van der Waals surface area (Å²) in [7, 11) is 0. The lowest BCUT2D eigenvalue weighted by Crippen LogP contribution is -2.18. The number of nitrogens with two attached hydrogens (primary N) is 1. The zero-order valence-corrected chi connectivity index (χ0v) is 7.78. The van der Waals surface area contributed by atoms with E-state index in [4.69, 9.17) is 10.8 Å². The van der Waals surface area contributed by atoms with E-state index in [0.717, 1.165) is 0 Å². The first-order valence-corrected chi connectivity index (χ1v) is 4.18. The predicted molar refractivity (Wildman–Crippen MR) is 51.0 cm³/mol. The van der Waals surface area contributed by atoms with Crippen molar-refractivity contribution in [3.05, 3.63) is 33.7 Å². The quantitative estimate of drug-likeness (QED) is 0.641. The first kappa shape index (κ1) is 10.5. The van der Waals surface area contributed by atoms with Gasteiger partial charge >= 0.3 is 5.97 Å². The van der Waals surface area contributed by atoms with Gasteiger partial charge in [-0.3, -0.25) is 9.59 Å². The molecule has 5 heteroatoms. The van der Waals surface area contributed by atoms with Crippen molar-refractivity contribution in [2.45, 2.75) is 19.4 Å². The minimum absolute atomic E-state index is 0.146. The smallest absolute Gasteiger partial charge is 0.305 e. The number of carboxylic acids is 1. The Bertz CT molecular complexity index is 397. The molecular formula is C9H12N2O3. The fourth-order valence-corrected chi connectivity index (χ4v) is 1.29. The number of H-pyrrole nitrogens is 1. The van der Waals surface area contributed by atoms with Crippen LogP contribution in [-0.4, -0.2) is 16.1 Å². The van der Waals surface area contributed by atoms with Crippen LogP contribution in [0.4, 0.5) is 0 Å². The van der Waals surface area contributed by atoms with E-state index in [1.54, 1.807) is 13.0 Å². The molecule has 76 valence electrons. The molecule has 0 saturated carbocycles. The summed E-state index contributed by atoms with van der Waals surface area (Å²) in [6.45, 7) is 1.69. The summed E-state index contributed by atoms with van der Waals surface area (Å²) in [5.74, 6) is -0.955. The van der Waals surface area contributed by atoms with Crippen molar-refractivity contribution in [1.29, 1.82) is 0 Å². The second-order valence-corrected chi connectivity index (χ2v) is 3.11. The van der Waals surface area contributed by atoms with Crippen LogP contribution in [0, 0.1) is 6.92 Å². The molecule has 1 aromatic heterocycles. The molecular weight excluding hydrogens is 184 g/mol. The molecule has 0 aromatic carbocycles. The van der Waals surface area contributed by atoms with Crippen molar-refractivity contribution >= 4 is 5.97 Å². The molecule has 4 N–H and O–H groups in total. The van der Waals surface area contributed by atoms with E-state index in [9.17, 15) is 9.59 Å². The van der Waals surface area contributed by atoms with Crippen LogP contribution in [0.2, 0.25) is 0 Å². The number of rotatable bonds is 3. The zero-order chi connectivity index (χ0) is 10.7. The van der Waals surface area contributed by atoms with Gasteiger partial charge in [0.15, 0.2) is 0 Å². The molecule has 1 aromatic rings. The Morgan fingerprint density at radius 3 is 2.79 bits per heavy atom. The average molecular weight is 196 g/mol. The summed E-state index contributed by atoms with van der Waals surface area (Å²) in [5, 5.41) is 8.54. The number of nitrogens with one attached hydrogen (secondary N) is 1. The molecule has 0 amide bonds. The molecule has 1 rings (SSSR count). The van der Waals surface area contributed by atoms with Crippen LogP contribution < -0.4 is 11.3 Å². The van der Waals surface area contributed by atoms with E-state index >= 15 is 0 Å². The van der Waals surface area contributed by atoms with Crippen LogP contribution in [0.3, 0.4) is 0 Å². The molecule has 14 heavy (non-hydrogen) atoms. The van der Waals surface area contributed by atoms with Crippen molar-refractivity contribution in [2.75, 3.05) is 0 Å². The molecule has 1 unspecified atom stereocenters. The van der Waals surface area contributed by atoms with Crippen LogP contribution in [0.1, 0.15) is 23.7 Å². The van der Waals surface area contributed by atoms with Gasteiger partial charge in [-0.2, -0.15) is 0 Å². The van der Waals surface area contributed by atoms with Gasteiger partial charge in [0.05, 0.1) is 6.42 Å². The number of aromatic amines is 1. The van der Waals surface area contributed by atoms with E-state index in [0.29, 0.717) is 11.3 Å². The number of pyridine rings is 1. The highest BCUT2D eigenvalue weighted by Crippen LogP contribution is 2.14. The molecule has 0 aliphatic carbocycles. The van der Waals surface area contributed by atoms with Crippen molar-refractivity contribution in [1.82, 2.24) is 4.98 Å². The Morgan fingerprint density at radius 2 is 2.29 bits per heavy atom. The molecule has 0 aliphatic heterocycles. The largest absolute Gasteiger partial charge is 0.481 e. The van der Waals surface area contributed by atoms with E-state index in [2.05, 4.69) is 4.98 Å². The SMILES string of the molecule is Cc1[nH]c(=O)ccc1C(N)CC(=O)O. The van der Waals surface area contributed by atoms with E-state index in [1.807, 2.05) is 0 Å². The Kier molecular flexibility index (Phi) is 3.03. The van der Waals surface area contributed by atoms with E-state index in [1.165, 1.54) is 6.07 Å². The minimum atomic E-state index is -0.955. The molecule has 5 nitrogen and oxygen atoms in total. The van der Waals surface area contributed by atoms with Crippen LogP contribution in [0.15, 0.2) is 16.9 Å². The third-order valence-corrected chi connectivity index (χ3v) is 1.95. The van der Waals surface area contributed by atoms with Gasteiger partial charge in [0.2, 0.25) is 5.56 Å². The van der Waals surface area contributed by atoms with Gasteiger partial charge in [-0.05, 0) is 12.5 Å². The van der Waals surface area contributed by atoms with Gasteiger partial charge in [-0.1, -0.05) is 6.07 Å².